The van der Waals surface area contributed by atoms with Crippen molar-refractivity contribution in [3.05, 3.63) is 30.1 Å². The SMILES string of the molecule is CCN(CCc1ccncc1)C(=O)C(=O)NC(C)(C)CC(C)(C)C. The maximum atomic E-state index is 12.4. The van der Waals surface area contributed by atoms with E-state index >= 15 is 0 Å². The second kappa shape index (κ2) is 8.27. The lowest BCUT2D eigenvalue weighted by molar-refractivity contribution is -0.146. The summed E-state index contributed by atoms with van der Waals surface area (Å²) in [5.74, 6) is -0.991. The van der Waals surface area contributed by atoms with Gasteiger partial charge in [0.15, 0.2) is 0 Å². The van der Waals surface area contributed by atoms with Crippen molar-refractivity contribution >= 4 is 11.8 Å². The minimum Gasteiger partial charge on any atom is -0.343 e. The molecule has 0 aliphatic carbocycles. The van der Waals surface area contributed by atoms with Crippen molar-refractivity contribution in [2.75, 3.05) is 13.1 Å². The summed E-state index contributed by atoms with van der Waals surface area (Å²) in [6.07, 6.45) is 4.97. The number of carbonyl (C=O) groups is 2. The Kier molecular flexibility index (Phi) is 6.93. The molecule has 134 valence electrons. The fourth-order valence-corrected chi connectivity index (χ4v) is 3.09. The van der Waals surface area contributed by atoms with Crippen LogP contribution in [0.5, 0.6) is 0 Å². The third-order valence-corrected chi connectivity index (χ3v) is 3.71. The third-order valence-electron chi connectivity index (χ3n) is 3.71. The maximum absolute atomic E-state index is 12.4. The summed E-state index contributed by atoms with van der Waals surface area (Å²) in [4.78, 5) is 30.4. The molecule has 0 bridgehead atoms. The summed E-state index contributed by atoms with van der Waals surface area (Å²) < 4.78 is 0. The van der Waals surface area contributed by atoms with Crippen molar-refractivity contribution in [3.63, 3.8) is 0 Å². The molecular weight excluding hydrogens is 302 g/mol. The lowest BCUT2D eigenvalue weighted by atomic mass is 9.82. The highest BCUT2D eigenvalue weighted by Crippen LogP contribution is 2.26. The van der Waals surface area contributed by atoms with Gasteiger partial charge in [0.05, 0.1) is 0 Å². The Hall–Kier alpha value is -1.91. The predicted molar refractivity (Wildman–Crippen MR) is 96.5 cm³/mol. The van der Waals surface area contributed by atoms with Crippen LogP contribution >= 0.6 is 0 Å². The lowest BCUT2D eigenvalue weighted by Crippen LogP contribution is -2.52. The van der Waals surface area contributed by atoms with E-state index in [1.807, 2.05) is 32.9 Å². The lowest BCUT2D eigenvalue weighted by Gasteiger charge is -2.33. The zero-order valence-electron chi connectivity index (χ0n) is 15.8. The van der Waals surface area contributed by atoms with Gasteiger partial charge in [-0.2, -0.15) is 0 Å². The first-order chi connectivity index (χ1) is 11.0. The molecule has 1 rings (SSSR count). The number of hydrogen-bond donors (Lipinski definition) is 1. The predicted octanol–water partition coefficient (Wildman–Crippen LogP) is 2.80. The van der Waals surface area contributed by atoms with Crippen molar-refractivity contribution < 1.29 is 9.59 Å². The van der Waals surface area contributed by atoms with Crippen molar-refractivity contribution in [2.45, 2.75) is 59.9 Å². The Labute approximate surface area is 145 Å². The fraction of sp³-hybridized carbons (Fsp3) is 0.632. The van der Waals surface area contributed by atoms with E-state index in [-0.39, 0.29) is 5.41 Å². The van der Waals surface area contributed by atoms with E-state index in [9.17, 15) is 9.59 Å². The highest BCUT2D eigenvalue weighted by Gasteiger charge is 2.30. The molecule has 2 amide bonds. The summed E-state index contributed by atoms with van der Waals surface area (Å²) in [6, 6.07) is 3.84. The van der Waals surface area contributed by atoms with Gasteiger partial charge < -0.3 is 10.2 Å². The molecule has 5 nitrogen and oxygen atoms in total. The molecule has 0 saturated carbocycles. The van der Waals surface area contributed by atoms with Gasteiger partial charge in [0.1, 0.15) is 0 Å². The molecule has 0 atom stereocenters. The number of rotatable bonds is 6. The van der Waals surface area contributed by atoms with Gasteiger partial charge >= 0.3 is 11.8 Å². The van der Waals surface area contributed by atoms with Gasteiger partial charge in [0, 0.05) is 31.0 Å². The summed E-state index contributed by atoms with van der Waals surface area (Å²) in [7, 11) is 0. The van der Waals surface area contributed by atoms with Crippen LogP contribution in [0.25, 0.3) is 0 Å². The Morgan fingerprint density at radius 2 is 1.71 bits per heavy atom. The summed E-state index contributed by atoms with van der Waals surface area (Å²) in [5, 5.41) is 2.89. The number of amides is 2. The first-order valence-electron chi connectivity index (χ1n) is 8.54. The largest absolute Gasteiger partial charge is 0.343 e. The van der Waals surface area contributed by atoms with Crippen LogP contribution in [0.15, 0.2) is 24.5 Å². The van der Waals surface area contributed by atoms with E-state index in [1.54, 1.807) is 17.3 Å². The first kappa shape index (κ1) is 20.1. The summed E-state index contributed by atoms with van der Waals surface area (Å²) in [5.41, 5.74) is 0.755. The van der Waals surface area contributed by atoms with Crippen LogP contribution in [0, 0.1) is 5.41 Å². The molecule has 0 unspecified atom stereocenters. The molecule has 1 aromatic heterocycles. The minimum atomic E-state index is -0.527. The Bertz CT molecular complexity index is 547. The molecule has 1 aromatic rings. The van der Waals surface area contributed by atoms with Crippen LogP contribution < -0.4 is 5.32 Å². The standard InChI is InChI=1S/C19H31N3O2/c1-7-22(13-10-15-8-11-20-12-9-15)17(24)16(23)21-19(5,6)14-18(2,3)4/h8-9,11-12H,7,10,13-14H2,1-6H3,(H,21,23). The van der Waals surface area contributed by atoms with Crippen molar-refractivity contribution in [2.24, 2.45) is 5.41 Å². The first-order valence-corrected chi connectivity index (χ1v) is 8.54. The Balaban J connectivity index is 2.63. The zero-order valence-corrected chi connectivity index (χ0v) is 15.8. The maximum Gasteiger partial charge on any atom is 0.311 e. The summed E-state index contributed by atoms with van der Waals surface area (Å²) in [6.45, 7) is 13.2. The average Bonchev–Trinajstić information content (AvgIpc) is 2.45. The van der Waals surface area contributed by atoms with Crippen LogP contribution in [0.4, 0.5) is 0 Å². The van der Waals surface area contributed by atoms with Crippen LogP contribution in [-0.2, 0) is 16.0 Å². The molecule has 0 aliphatic rings. The molecule has 0 radical (unpaired) electrons. The number of aromatic nitrogens is 1. The average molecular weight is 333 g/mol. The molecule has 1 N–H and O–H groups in total. The quantitative estimate of drug-likeness (QED) is 0.814. The molecule has 24 heavy (non-hydrogen) atoms. The number of nitrogens with zero attached hydrogens (tertiary/aromatic N) is 2. The molecule has 0 saturated heterocycles. The number of nitrogens with one attached hydrogen (secondary N) is 1. The van der Waals surface area contributed by atoms with Gasteiger partial charge in [0.25, 0.3) is 0 Å². The number of carbonyl (C=O) groups excluding carboxylic acids is 2. The highest BCUT2D eigenvalue weighted by atomic mass is 16.2. The normalized spacial score (nSPS) is 11.9. The molecule has 5 heteroatoms. The zero-order chi connectivity index (χ0) is 18.4. The molecule has 0 spiro atoms. The van der Waals surface area contributed by atoms with Gasteiger partial charge in [0.2, 0.25) is 0 Å². The van der Waals surface area contributed by atoms with Crippen LogP contribution in [-0.4, -0.2) is 40.3 Å². The van der Waals surface area contributed by atoms with Gasteiger partial charge in [-0.1, -0.05) is 20.8 Å². The minimum absolute atomic E-state index is 0.0750. The van der Waals surface area contributed by atoms with E-state index in [4.69, 9.17) is 0 Å². The molecule has 0 aromatic carbocycles. The van der Waals surface area contributed by atoms with E-state index < -0.39 is 17.4 Å². The Morgan fingerprint density at radius 3 is 2.21 bits per heavy atom. The second-order valence-corrected chi connectivity index (χ2v) is 8.07. The van der Waals surface area contributed by atoms with E-state index in [2.05, 4.69) is 31.1 Å². The monoisotopic (exact) mass is 333 g/mol. The van der Waals surface area contributed by atoms with Gasteiger partial charge in [-0.3, -0.25) is 14.6 Å². The number of hydrogen-bond acceptors (Lipinski definition) is 3. The third kappa shape index (κ3) is 7.11. The highest BCUT2D eigenvalue weighted by molar-refractivity contribution is 6.35. The van der Waals surface area contributed by atoms with Crippen molar-refractivity contribution in [1.82, 2.24) is 15.2 Å². The fourth-order valence-electron chi connectivity index (χ4n) is 3.09. The van der Waals surface area contributed by atoms with Crippen molar-refractivity contribution in [1.29, 1.82) is 0 Å². The summed E-state index contributed by atoms with van der Waals surface area (Å²) >= 11 is 0. The second-order valence-electron chi connectivity index (χ2n) is 8.07. The van der Waals surface area contributed by atoms with E-state index in [0.29, 0.717) is 19.5 Å². The smallest absolute Gasteiger partial charge is 0.311 e. The molecule has 0 fully saturated rings. The van der Waals surface area contributed by atoms with Gasteiger partial charge in [-0.15, -0.1) is 0 Å². The molecular formula is C19H31N3O2. The van der Waals surface area contributed by atoms with Crippen LogP contribution in [0.2, 0.25) is 0 Å². The van der Waals surface area contributed by atoms with Crippen molar-refractivity contribution in [3.8, 4) is 0 Å². The van der Waals surface area contributed by atoms with Crippen LogP contribution in [0.1, 0.15) is 53.5 Å². The van der Waals surface area contributed by atoms with Gasteiger partial charge in [-0.05, 0) is 56.7 Å². The molecule has 0 aliphatic heterocycles. The van der Waals surface area contributed by atoms with Gasteiger partial charge in [-0.25, -0.2) is 0 Å². The Morgan fingerprint density at radius 1 is 1.12 bits per heavy atom. The molecule has 1 heterocycles. The van der Waals surface area contributed by atoms with Crippen LogP contribution in [0.3, 0.4) is 0 Å². The topological polar surface area (TPSA) is 62.3 Å². The number of pyridine rings is 1. The van der Waals surface area contributed by atoms with E-state index in [0.717, 1.165) is 12.0 Å². The number of likely N-dealkylation sites (N-methyl/N-ethyl adjacent to an activating group) is 1. The van der Waals surface area contributed by atoms with E-state index in [1.165, 1.54) is 0 Å².